The number of ether oxygens (including phenoxy) is 1. The summed E-state index contributed by atoms with van der Waals surface area (Å²) in [4.78, 5) is 0. The predicted molar refractivity (Wildman–Crippen MR) is 79.9 cm³/mol. The second-order valence-corrected chi connectivity index (χ2v) is 7.92. The van der Waals surface area contributed by atoms with E-state index in [2.05, 4.69) is 4.74 Å². The van der Waals surface area contributed by atoms with Gasteiger partial charge in [0, 0.05) is 5.92 Å². The molecule has 2 aliphatic rings. The fourth-order valence-electron chi connectivity index (χ4n) is 4.37. The van der Waals surface area contributed by atoms with Gasteiger partial charge in [-0.25, -0.2) is 35.1 Å². The van der Waals surface area contributed by atoms with Gasteiger partial charge in [-0.05, 0) is 37.5 Å². The van der Waals surface area contributed by atoms with E-state index in [0.29, 0.717) is 0 Å². The quantitative estimate of drug-likeness (QED) is 0.466. The Morgan fingerprint density at radius 2 is 1.14 bits per heavy atom. The van der Waals surface area contributed by atoms with E-state index in [-0.39, 0.29) is 18.8 Å². The number of halogens is 11. The molecule has 2 saturated carbocycles. The molecule has 2 aliphatic carbocycles. The van der Waals surface area contributed by atoms with E-state index in [1.54, 1.807) is 6.92 Å². The lowest BCUT2D eigenvalue weighted by Crippen LogP contribution is -2.63. The van der Waals surface area contributed by atoms with Crippen LogP contribution in [0.25, 0.3) is 0 Å². The van der Waals surface area contributed by atoms with E-state index in [0.717, 1.165) is 0 Å². The van der Waals surface area contributed by atoms with Gasteiger partial charge in [-0.2, -0.15) is 13.2 Å². The van der Waals surface area contributed by atoms with Crippen LogP contribution in [0.15, 0.2) is 0 Å². The Kier molecular flexibility index (Phi) is 7.37. The minimum atomic E-state index is -6.32. The Balaban J connectivity index is 2.22. The van der Waals surface area contributed by atoms with Crippen molar-refractivity contribution in [2.24, 2.45) is 17.8 Å². The normalized spacial score (nSPS) is 39.9. The van der Waals surface area contributed by atoms with Gasteiger partial charge in [0.05, 0.1) is 0 Å². The number of hydrogen-bond donors (Lipinski definition) is 0. The molecular formula is C17H21F11O. The number of alkyl halides is 11. The maximum absolute atomic E-state index is 14.4. The van der Waals surface area contributed by atoms with Crippen molar-refractivity contribution in [1.29, 1.82) is 0 Å². The van der Waals surface area contributed by atoms with Gasteiger partial charge in [0.25, 0.3) is 18.5 Å². The lowest BCUT2D eigenvalue weighted by Gasteiger charge is -2.45. The molecule has 0 aliphatic heterocycles. The number of rotatable bonds is 5. The first-order valence-corrected chi connectivity index (χ1v) is 9.09. The average Bonchev–Trinajstić information content (AvgIpc) is 2.51. The summed E-state index contributed by atoms with van der Waals surface area (Å²) in [7, 11) is 0. The molecule has 0 radical (unpaired) electrons. The molecule has 0 aromatic rings. The second kappa shape index (κ2) is 8.74. The van der Waals surface area contributed by atoms with Crippen LogP contribution in [0.2, 0.25) is 0 Å². The molecule has 4 unspecified atom stereocenters. The summed E-state index contributed by atoms with van der Waals surface area (Å²) in [6.45, 7) is 1.58. The highest BCUT2D eigenvalue weighted by Gasteiger charge is 2.71. The van der Waals surface area contributed by atoms with Crippen LogP contribution in [0, 0.1) is 17.8 Å². The molecule has 2 fully saturated rings. The molecule has 0 heterocycles. The van der Waals surface area contributed by atoms with E-state index in [1.807, 2.05) is 0 Å². The van der Waals surface area contributed by atoms with Crippen LogP contribution in [-0.2, 0) is 4.74 Å². The molecule has 0 N–H and O–H groups in total. The Labute approximate surface area is 160 Å². The zero-order valence-electron chi connectivity index (χ0n) is 15.2. The van der Waals surface area contributed by atoms with Crippen molar-refractivity contribution in [2.75, 3.05) is 0 Å². The minimum absolute atomic E-state index is 0.0661. The van der Waals surface area contributed by atoms with Gasteiger partial charge < -0.3 is 4.74 Å². The molecule has 0 bridgehead atoms. The van der Waals surface area contributed by atoms with Gasteiger partial charge in [-0.1, -0.05) is 6.92 Å². The molecule has 0 saturated heterocycles. The summed E-state index contributed by atoms with van der Waals surface area (Å²) in [5, 5.41) is 0. The van der Waals surface area contributed by atoms with Crippen LogP contribution in [0.3, 0.4) is 0 Å². The summed E-state index contributed by atoms with van der Waals surface area (Å²) in [5.41, 5.74) is -5.37. The lowest BCUT2D eigenvalue weighted by molar-refractivity contribution is -0.370. The first kappa shape index (κ1) is 24.5. The predicted octanol–water partition coefficient (Wildman–Crippen LogP) is 6.01. The third-order valence-corrected chi connectivity index (χ3v) is 5.83. The lowest BCUT2D eigenvalue weighted by atomic mass is 9.68. The van der Waals surface area contributed by atoms with Gasteiger partial charge >= 0.3 is 6.18 Å². The molecule has 0 amide bonds. The molecule has 4 atom stereocenters. The zero-order valence-corrected chi connectivity index (χ0v) is 15.2. The largest absolute Gasteiger partial charge is 0.428 e. The van der Waals surface area contributed by atoms with Crippen LogP contribution >= 0.6 is 0 Å². The van der Waals surface area contributed by atoms with Crippen LogP contribution in [0.1, 0.15) is 32.6 Å². The van der Waals surface area contributed by atoms with Gasteiger partial charge in [0.1, 0.15) is 30.8 Å². The zero-order chi connectivity index (χ0) is 22.3. The van der Waals surface area contributed by atoms with Crippen molar-refractivity contribution >= 4 is 0 Å². The Bertz CT molecular complexity index is 508. The molecule has 172 valence electrons. The molecule has 12 heteroatoms. The van der Waals surface area contributed by atoms with Crippen molar-refractivity contribution in [1.82, 2.24) is 0 Å². The Morgan fingerprint density at radius 3 is 1.48 bits per heavy atom. The minimum Gasteiger partial charge on any atom is -0.347 e. The first-order chi connectivity index (χ1) is 13.2. The third-order valence-electron chi connectivity index (χ3n) is 5.83. The highest BCUT2D eigenvalue weighted by Crippen LogP contribution is 2.49. The van der Waals surface area contributed by atoms with E-state index >= 15 is 0 Å². The maximum atomic E-state index is 14.4. The molecule has 29 heavy (non-hydrogen) atoms. The van der Waals surface area contributed by atoms with Gasteiger partial charge in [0.2, 0.25) is 0 Å². The van der Waals surface area contributed by atoms with E-state index in [4.69, 9.17) is 0 Å². The maximum Gasteiger partial charge on any atom is 0.428 e. The highest BCUT2D eigenvalue weighted by atomic mass is 19.4. The fraction of sp³-hybridized carbons (Fsp3) is 1.00. The van der Waals surface area contributed by atoms with E-state index < -0.39 is 80.1 Å². The fourth-order valence-corrected chi connectivity index (χ4v) is 4.37. The van der Waals surface area contributed by atoms with Gasteiger partial charge in [-0.3, -0.25) is 0 Å². The SMILES string of the molecule is CC1CC(F)C(C2CC(F)C(OC(C(F)F)(C(F)F)C(F)(F)F)C(F)C2)C(F)C1. The summed E-state index contributed by atoms with van der Waals surface area (Å²) < 4.78 is 152. The van der Waals surface area contributed by atoms with Crippen LogP contribution in [0.4, 0.5) is 48.3 Å². The molecule has 0 aromatic carbocycles. The smallest absolute Gasteiger partial charge is 0.347 e. The molecule has 0 spiro atoms. The molecule has 2 rings (SSSR count). The average molecular weight is 450 g/mol. The molecular weight excluding hydrogens is 429 g/mol. The monoisotopic (exact) mass is 450 g/mol. The van der Waals surface area contributed by atoms with Crippen LogP contribution in [0.5, 0.6) is 0 Å². The Morgan fingerprint density at radius 1 is 0.724 bits per heavy atom. The summed E-state index contributed by atoms with van der Waals surface area (Å²) in [5.74, 6) is -3.00. The van der Waals surface area contributed by atoms with E-state index in [1.165, 1.54) is 0 Å². The van der Waals surface area contributed by atoms with Crippen molar-refractivity contribution in [3.05, 3.63) is 0 Å². The van der Waals surface area contributed by atoms with Gasteiger partial charge in [0.15, 0.2) is 0 Å². The standard InChI is InChI=1S/C17H21F11O/c1-6-2-8(18)12(9(19)3-6)7-4-10(20)13(11(21)5-7)29-16(14(22)23,15(24)25)17(26,27)28/h6-15H,2-5H2,1H3. The second-order valence-electron chi connectivity index (χ2n) is 7.92. The van der Waals surface area contributed by atoms with Gasteiger partial charge in [-0.15, -0.1) is 0 Å². The van der Waals surface area contributed by atoms with Crippen LogP contribution < -0.4 is 0 Å². The number of hydrogen-bond acceptors (Lipinski definition) is 1. The molecule has 0 aromatic heterocycles. The summed E-state index contributed by atoms with van der Waals surface area (Å²) >= 11 is 0. The highest BCUT2D eigenvalue weighted by molar-refractivity contribution is 5.01. The summed E-state index contributed by atoms with van der Waals surface area (Å²) in [6, 6.07) is 0. The first-order valence-electron chi connectivity index (χ1n) is 9.09. The summed E-state index contributed by atoms with van der Waals surface area (Å²) in [6.07, 6.45) is -29.6. The topological polar surface area (TPSA) is 9.23 Å². The van der Waals surface area contributed by atoms with E-state index in [9.17, 15) is 48.3 Å². The van der Waals surface area contributed by atoms with Crippen molar-refractivity contribution in [3.8, 4) is 0 Å². The van der Waals surface area contributed by atoms with Crippen molar-refractivity contribution < 1.29 is 53.0 Å². The third kappa shape index (κ3) is 4.61. The van der Waals surface area contributed by atoms with Crippen molar-refractivity contribution in [3.63, 3.8) is 0 Å². The Hall–Kier alpha value is -0.810. The van der Waals surface area contributed by atoms with Crippen molar-refractivity contribution in [2.45, 2.75) is 88.0 Å². The van der Waals surface area contributed by atoms with Crippen LogP contribution in [-0.4, -0.2) is 55.4 Å². The molecule has 1 nitrogen and oxygen atoms in total.